The molecule has 124 valence electrons. The summed E-state index contributed by atoms with van der Waals surface area (Å²) in [5, 5.41) is 9.24. The molecule has 0 aliphatic carbocycles. The predicted molar refractivity (Wildman–Crippen MR) is 93.0 cm³/mol. The minimum Gasteiger partial charge on any atom is -0.480 e. The van der Waals surface area contributed by atoms with Gasteiger partial charge in [0, 0.05) is 12.1 Å². The molecule has 1 saturated heterocycles. The van der Waals surface area contributed by atoms with Crippen molar-refractivity contribution >= 4 is 11.9 Å². The maximum atomic E-state index is 12.6. The summed E-state index contributed by atoms with van der Waals surface area (Å²) in [4.78, 5) is 25.3. The molecule has 0 radical (unpaired) electrons. The van der Waals surface area contributed by atoms with Crippen molar-refractivity contribution in [2.45, 2.75) is 32.2 Å². The van der Waals surface area contributed by atoms with Crippen LogP contribution in [0.5, 0.6) is 0 Å². The zero-order chi connectivity index (χ0) is 17.1. The smallest absolute Gasteiger partial charge is 0.326 e. The van der Waals surface area contributed by atoms with Gasteiger partial charge in [-0.2, -0.15) is 0 Å². The van der Waals surface area contributed by atoms with E-state index < -0.39 is 12.0 Å². The molecule has 0 saturated carbocycles. The topological polar surface area (TPSA) is 57.6 Å². The highest BCUT2D eigenvalue weighted by molar-refractivity contribution is 5.97. The fraction of sp³-hybridized carbons (Fsp3) is 0.300. The molecule has 1 N–H and O–H groups in total. The van der Waals surface area contributed by atoms with E-state index in [1.807, 2.05) is 24.3 Å². The largest absolute Gasteiger partial charge is 0.480 e. The van der Waals surface area contributed by atoms with Crippen molar-refractivity contribution < 1.29 is 14.7 Å². The molecule has 1 amide bonds. The number of rotatable bonds is 4. The van der Waals surface area contributed by atoms with E-state index >= 15 is 0 Å². The molecule has 0 spiro atoms. The zero-order valence-corrected chi connectivity index (χ0v) is 13.7. The normalized spacial score (nSPS) is 17.0. The second-order valence-corrected chi connectivity index (χ2v) is 6.08. The van der Waals surface area contributed by atoms with Crippen LogP contribution in [0.3, 0.4) is 0 Å². The summed E-state index contributed by atoms with van der Waals surface area (Å²) in [6.07, 6.45) is 2.22. The summed E-state index contributed by atoms with van der Waals surface area (Å²) in [6.45, 7) is 2.63. The number of aliphatic carboxylic acids is 1. The van der Waals surface area contributed by atoms with Crippen molar-refractivity contribution in [3.8, 4) is 11.1 Å². The van der Waals surface area contributed by atoms with Crippen LogP contribution in [-0.2, 0) is 11.2 Å². The molecule has 0 aromatic heterocycles. The number of carbonyl (C=O) groups excluding carboxylic acids is 1. The number of carbonyl (C=O) groups is 2. The van der Waals surface area contributed by atoms with Gasteiger partial charge in [-0.25, -0.2) is 4.79 Å². The molecule has 4 heteroatoms. The van der Waals surface area contributed by atoms with Crippen LogP contribution in [0, 0.1) is 0 Å². The Hall–Kier alpha value is -2.62. The van der Waals surface area contributed by atoms with E-state index in [9.17, 15) is 14.7 Å². The van der Waals surface area contributed by atoms with Crippen LogP contribution in [0.15, 0.2) is 48.5 Å². The molecule has 1 aliphatic rings. The summed E-state index contributed by atoms with van der Waals surface area (Å²) in [7, 11) is 0. The minimum absolute atomic E-state index is 0.199. The Labute approximate surface area is 141 Å². The number of carboxylic acids is 1. The van der Waals surface area contributed by atoms with Crippen molar-refractivity contribution in [2.24, 2.45) is 0 Å². The van der Waals surface area contributed by atoms with Gasteiger partial charge in [0.2, 0.25) is 0 Å². The molecule has 3 rings (SSSR count). The maximum absolute atomic E-state index is 12.6. The molecular weight excluding hydrogens is 302 g/mol. The predicted octanol–water partition coefficient (Wildman–Crippen LogP) is 3.61. The summed E-state index contributed by atoms with van der Waals surface area (Å²) >= 11 is 0. The molecule has 4 nitrogen and oxygen atoms in total. The number of benzene rings is 2. The number of carboxylic acid groups (broad SMARTS) is 1. The summed E-state index contributed by atoms with van der Waals surface area (Å²) < 4.78 is 0. The number of likely N-dealkylation sites (tertiary alicyclic amines) is 1. The van der Waals surface area contributed by atoms with E-state index in [1.165, 1.54) is 16.0 Å². The van der Waals surface area contributed by atoms with Crippen LogP contribution in [0.1, 0.15) is 35.7 Å². The van der Waals surface area contributed by atoms with Crippen LogP contribution in [0.4, 0.5) is 0 Å². The maximum Gasteiger partial charge on any atom is 0.326 e. The third kappa shape index (κ3) is 3.04. The van der Waals surface area contributed by atoms with Crippen LogP contribution in [0.2, 0.25) is 0 Å². The van der Waals surface area contributed by atoms with Crippen molar-refractivity contribution in [3.63, 3.8) is 0 Å². The van der Waals surface area contributed by atoms with E-state index in [4.69, 9.17) is 0 Å². The van der Waals surface area contributed by atoms with Gasteiger partial charge in [0.1, 0.15) is 6.04 Å². The van der Waals surface area contributed by atoms with Gasteiger partial charge in [-0.3, -0.25) is 4.79 Å². The molecule has 1 unspecified atom stereocenters. The fourth-order valence-corrected chi connectivity index (χ4v) is 3.33. The Kier molecular flexibility index (Phi) is 4.65. The summed E-state index contributed by atoms with van der Waals surface area (Å²) in [5.74, 6) is -1.12. The first-order valence-electron chi connectivity index (χ1n) is 8.34. The highest BCUT2D eigenvalue weighted by Gasteiger charge is 2.34. The van der Waals surface area contributed by atoms with Gasteiger partial charge in [0.15, 0.2) is 0 Å². The lowest BCUT2D eigenvalue weighted by Crippen LogP contribution is -2.40. The average Bonchev–Trinajstić information content (AvgIpc) is 3.11. The number of nitrogens with zero attached hydrogens (tertiary/aromatic N) is 1. The average molecular weight is 323 g/mol. The lowest BCUT2D eigenvalue weighted by molar-refractivity contribution is -0.141. The van der Waals surface area contributed by atoms with E-state index in [1.54, 1.807) is 12.1 Å². The van der Waals surface area contributed by atoms with Gasteiger partial charge in [-0.15, -0.1) is 0 Å². The van der Waals surface area contributed by atoms with Crippen LogP contribution in [-0.4, -0.2) is 34.5 Å². The monoisotopic (exact) mass is 323 g/mol. The van der Waals surface area contributed by atoms with Crippen LogP contribution < -0.4 is 0 Å². The highest BCUT2D eigenvalue weighted by Crippen LogP contribution is 2.26. The molecule has 1 fully saturated rings. The Morgan fingerprint density at radius 2 is 1.83 bits per heavy atom. The standard InChI is InChI=1S/C20H21NO3/c1-2-14-6-3-4-7-17(14)15-9-11-16(12-10-15)19(22)21-13-5-8-18(21)20(23)24/h3-4,6-7,9-12,18H,2,5,8,13H2,1H3,(H,23,24). The minimum atomic E-state index is -0.922. The van der Waals surface area contributed by atoms with Crippen molar-refractivity contribution in [3.05, 3.63) is 59.7 Å². The number of hydrogen-bond acceptors (Lipinski definition) is 2. The third-order valence-corrected chi connectivity index (χ3v) is 4.64. The quantitative estimate of drug-likeness (QED) is 0.935. The molecular formula is C20H21NO3. The Morgan fingerprint density at radius 1 is 1.12 bits per heavy atom. The second kappa shape index (κ2) is 6.87. The number of amides is 1. The first-order chi connectivity index (χ1) is 11.6. The Morgan fingerprint density at radius 3 is 2.50 bits per heavy atom. The Bertz CT molecular complexity index is 752. The number of aryl methyl sites for hydroxylation is 1. The van der Waals surface area contributed by atoms with Crippen LogP contribution >= 0.6 is 0 Å². The molecule has 24 heavy (non-hydrogen) atoms. The van der Waals surface area contributed by atoms with Gasteiger partial charge >= 0.3 is 5.97 Å². The van der Waals surface area contributed by atoms with Gasteiger partial charge < -0.3 is 10.0 Å². The van der Waals surface area contributed by atoms with Crippen LogP contribution in [0.25, 0.3) is 11.1 Å². The lowest BCUT2D eigenvalue weighted by atomic mass is 9.97. The van der Waals surface area contributed by atoms with E-state index in [2.05, 4.69) is 19.1 Å². The summed E-state index contributed by atoms with van der Waals surface area (Å²) in [6, 6.07) is 15.0. The van der Waals surface area contributed by atoms with Gasteiger partial charge in [-0.05, 0) is 48.1 Å². The summed E-state index contributed by atoms with van der Waals surface area (Å²) in [5.41, 5.74) is 4.05. The first-order valence-corrected chi connectivity index (χ1v) is 8.34. The van der Waals surface area contributed by atoms with E-state index in [-0.39, 0.29) is 5.91 Å². The lowest BCUT2D eigenvalue weighted by Gasteiger charge is -2.21. The number of hydrogen-bond donors (Lipinski definition) is 1. The fourth-order valence-electron chi connectivity index (χ4n) is 3.33. The molecule has 1 heterocycles. The van der Waals surface area contributed by atoms with Gasteiger partial charge in [0.25, 0.3) is 5.91 Å². The van der Waals surface area contributed by atoms with Crippen molar-refractivity contribution in [1.29, 1.82) is 0 Å². The third-order valence-electron chi connectivity index (χ3n) is 4.64. The zero-order valence-electron chi connectivity index (χ0n) is 13.7. The molecule has 2 aromatic rings. The SMILES string of the molecule is CCc1ccccc1-c1ccc(C(=O)N2CCCC2C(=O)O)cc1. The second-order valence-electron chi connectivity index (χ2n) is 6.08. The van der Waals surface area contributed by atoms with Gasteiger partial charge in [0.05, 0.1) is 0 Å². The van der Waals surface area contributed by atoms with E-state index in [0.717, 1.165) is 18.4 Å². The van der Waals surface area contributed by atoms with Crippen molar-refractivity contribution in [2.75, 3.05) is 6.54 Å². The molecule has 1 aliphatic heterocycles. The highest BCUT2D eigenvalue weighted by atomic mass is 16.4. The molecule has 1 atom stereocenters. The van der Waals surface area contributed by atoms with Gasteiger partial charge in [-0.1, -0.05) is 43.3 Å². The van der Waals surface area contributed by atoms with E-state index in [0.29, 0.717) is 18.5 Å². The molecule has 0 bridgehead atoms. The first kappa shape index (κ1) is 16.2. The van der Waals surface area contributed by atoms with Crippen molar-refractivity contribution in [1.82, 2.24) is 4.90 Å². The Balaban J connectivity index is 1.84. The molecule has 2 aromatic carbocycles.